The maximum Gasteiger partial charge on any atom is 0.255 e. The molecule has 0 bridgehead atoms. The topological polar surface area (TPSA) is 58.4 Å². The molecule has 0 fully saturated rings. The van der Waals surface area contributed by atoms with E-state index in [-0.39, 0.29) is 5.91 Å². The van der Waals surface area contributed by atoms with Crippen molar-refractivity contribution < 1.29 is 4.79 Å². The second-order valence-electron chi connectivity index (χ2n) is 4.60. The van der Waals surface area contributed by atoms with Crippen LogP contribution in [0, 0.1) is 0 Å². The Morgan fingerprint density at radius 1 is 1.20 bits per heavy atom. The Kier molecular flexibility index (Phi) is 4.29. The first kappa shape index (κ1) is 14.4. The van der Waals surface area contributed by atoms with Crippen molar-refractivity contribution in [3.63, 3.8) is 0 Å². The number of nitrogens with two attached hydrogens (primary N) is 1. The molecule has 104 valence electrons. The second-order valence-corrected chi connectivity index (χ2v) is 5.46. The van der Waals surface area contributed by atoms with E-state index in [9.17, 15) is 4.79 Å². The quantitative estimate of drug-likeness (QED) is 0.847. The van der Waals surface area contributed by atoms with Crippen molar-refractivity contribution in [2.75, 3.05) is 30.0 Å². The minimum Gasteiger partial charge on any atom is -0.398 e. The molecule has 0 aromatic heterocycles. The third-order valence-electron chi connectivity index (χ3n) is 2.90. The van der Waals surface area contributed by atoms with Crippen LogP contribution in [0.15, 0.2) is 46.9 Å². The van der Waals surface area contributed by atoms with Crippen molar-refractivity contribution in [3.8, 4) is 0 Å². The van der Waals surface area contributed by atoms with Gasteiger partial charge in [0, 0.05) is 29.8 Å². The van der Waals surface area contributed by atoms with Gasteiger partial charge < -0.3 is 16.0 Å². The van der Waals surface area contributed by atoms with Gasteiger partial charge >= 0.3 is 0 Å². The van der Waals surface area contributed by atoms with E-state index in [1.54, 1.807) is 18.2 Å². The van der Waals surface area contributed by atoms with E-state index in [2.05, 4.69) is 21.2 Å². The number of hydrogen-bond donors (Lipinski definition) is 2. The summed E-state index contributed by atoms with van der Waals surface area (Å²) < 4.78 is 0.714. The Morgan fingerprint density at radius 3 is 2.55 bits per heavy atom. The summed E-state index contributed by atoms with van der Waals surface area (Å²) in [4.78, 5) is 14.2. The molecule has 0 spiro atoms. The normalized spacial score (nSPS) is 10.2. The van der Waals surface area contributed by atoms with Crippen molar-refractivity contribution in [2.45, 2.75) is 0 Å². The molecule has 0 aliphatic heterocycles. The summed E-state index contributed by atoms with van der Waals surface area (Å²) in [5, 5.41) is 2.91. The SMILES string of the molecule is CN(C)c1ccccc1NC(=O)c1ccc(N)c(Br)c1. The Hall–Kier alpha value is -2.01. The van der Waals surface area contributed by atoms with E-state index in [0.29, 0.717) is 15.7 Å². The highest BCUT2D eigenvalue weighted by Crippen LogP contribution is 2.25. The van der Waals surface area contributed by atoms with Crippen molar-refractivity contribution in [2.24, 2.45) is 0 Å². The van der Waals surface area contributed by atoms with Gasteiger partial charge in [-0.3, -0.25) is 4.79 Å². The minimum absolute atomic E-state index is 0.167. The van der Waals surface area contributed by atoms with Gasteiger partial charge in [0.1, 0.15) is 0 Å². The zero-order chi connectivity index (χ0) is 14.7. The van der Waals surface area contributed by atoms with Crippen LogP contribution >= 0.6 is 15.9 Å². The minimum atomic E-state index is -0.167. The van der Waals surface area contributed by atoms with Crippen molar-refractivity contribution >= 4 is 38.9 Å². The smallest absolute Gasteiger partial charge is 0.255 e. The first-order chi connectivity index (χ1) is 9.49. The average Bonchev–Trinajstić information content (AvgIpc) is 2.42. The number of benzene rings is 2. The van der Waals surface area contributed by atoms with Crippen LogP contribution in [-0.2, 0) is 0 Å². The molecule has 0 saturated carbocycles. The van der Waals surface area contributed by atoms with Crippen LogP contribution < -0.4 is 16.0 Å². The number of halogens is 1. The zero-order valence-corrected chi connectivity index (χ0v) is 12.9. The molecule has 2 aromatic rings. The van der Waals surface area contributed by atoms with Crippen molar-refractivity contribution in [3.05, 3.63) is 52.5 Å². The standard InChI is InChI=1S/C15H16BrN3O/c1-19(2)14-6-4-3-5-13(14)18-15(20)10-7-8-12(17)11(16)9-10/h3-9H,17H2,1-2H3,(H,18,20). The summed E-state index contributed by atoms with van der Waals surface area (Å²) in [6, 6.07) is 12.8. The third kappa shape index (κ3) is 3.11. The number of nitrogens with one attached hydrogen (secondary N) is 1. The summed E-state index contributed by atoms with van der Waals surface area (Å²) in [5.74, 6) is -0.167. The number of hydrogen-bond acceptors (Lipinski definition) is 3. The molecule has 0 radical (unpaired) electrons. The maximum absolute atomic E-state index is 12.3. The lowest BCUT2D eigenvalue weighted by Crippen LogP contribution is -2.16. The molecular formula is C15H16BrN3O. The Morgan fingerprint density at radius 2 is 1.90 bits per heavy atom. The second kappa shape index (κ2) is 5.96. The Labute approximate surface area is 126 Å². The Balaban J connectivity index is 2.26. The number of para-hydroxylation sites is 2. The van der Waals surface area contributed by atoms with Gasteiger partial charge in [0.05, 0.1) is 11.4 Å². The highest BCUT2D eigenvalue weighted by molar-refractivity contribution is 9.10. The molecule has 4 nitrogen and oxygen atoms in total. The van der Waals surface area contributed by atoms with Gasteiger partial charge in [-0.25, -0.2) is 0 Å². The number of nitrogen functional groups attached to an aromatic ring is 1. The van der Waals surface area contributed by atoms with Crippen LogP contribution in [0.3, 0.4) is 0 Å². The van der Waals surface area contributed by atoms with Crippen LogP contribution in [0.5, 0.6) is 0 Å². The first-order valence-electron chi connectivity index (χ1n) is 6.12. The highest BCUT2D eigenvalue weighted by atomic mass is 79.9. The van der Waals surface area contributed by atoms with Gasteiger partial charge in [0.2, 0.25) is 0 Å². The zero-order valence-electron chi connectivity index (χ0n) is 11.4. The molecule has 0 aliphatic rings. The van der Waals surface area contributed by atoms with Gasteiger partial charge in [-0.15, -0.1) is 0 Å². The molecule has 0 unspecified atom stereocenters. The molecular weight excluding hydrogens is 318 g/mol. The third-order valence-corrected chi connectivity index (χ3v) is 3.58. The van der Waals surface area contributed by atoms with Crippen molar-refractivity contribution in [1.82, 2.24) is 0 Å². The molecule has 1 amide bonds. The molecule has 0 aliphatic carbocycles. The predicted molar refractivity (Wildman–Crippen MR) is 87.3 cm³/mol. The lowest BCUT2D eigenvalue weighted by atomic mass is 10.2. The van der Waals surface area contributed by atoms with Crippen molar-refractivity contribution in [1.29, 1.82) is 0 Å². The van der Waals surface area contributed by atoms with Crippen LogP contribution in [0.2, 0.25) is 0 Å². The summed E-state index contributed by atoms with van der Waals surface area (Å²) >= 11 is 3.32. The largest absolute Gasteiger partial charge is 0.398 e. The molecule has 20 heavy (non-hydrogen) atoms. The van der Waals surface area contributed by atoms with E-state index in [1.165, 1.54) is 0 Å². The van der Waals surface area contributed by atoms with E-state index in [1.807, 2.05) is 43.3 Å². The average molecular weight is 334 g/mol. The van der Waals surface area contributed by atoms with E-state index in [4.69, 9.17) is 5.73 Å². The van der Waals surface area contributed by atoms with Crippen LogP contribution in [0.25, 0.3) is 0 Å². The molecule has 3 N–H and O–H groups in total. The summed E-state index contributed by atoms with van der Waals surface area (Å²) in [6.45, 7) is 0. The number of amides is 1. The van der Waals surface area contributed by atoms with Gasteiger partial charge in [-0.2, -0.15) is 0 Å². The van der Waals surface area contributed by atoms with Gasteiger partial charge in [0.25, 0.3) is 5.91 Å². The van der Waals surface area contributed by atoms with Crippen LogP contribution in [-0.4, -0.2) is 20.0 Å². The summed E-state index contributed by atoms with van der Waals surface area (Å²) in [6.07, 6.45) is 0. The molecule has 0 atom stereocenters. The predicted octanol–water partition coefficient (Wildman–Crippen LogP) is 3.35. The van der Waals surface area contributed by atoms with Crippen LogP contribution in [0.1, 0.15) is 10.4 Å². The van der Waals surface area contributed by atoms with E-state index < -0.39 is 0 Å². The van der Waals surface area contributed by atoms with Gasteiger partial charge in [0.15, 0.2) is 0 Å². The monoisotopic (exact) mass is 333 g/mol. The molecule has 5 heteroatoms. The fraction of sp³-hybridized carbons (Fsp3) is 0.133. The summed E-state index contributed by atoms with van der Waals surface area (Å²) in [7, 11) is 3.87. The molecule has 0 saturated heterocycles. The first-order valence-corrected chi connectivity index (χ1v) is 6.91. The summed E-state index contributed by atoms with van der Waals surface area (Å²) in [5.41, 5.74) is 8.61. The number of rotatable bonds is 3. The van der Waals surface area contributed by atoms with Crippen LogP contribution in [0.4, 0.5) is 17.1 Å². The lowest BCUT2D eigenvalue weighted by Gasteiger charge is -2.17. The van der Waals surface area contributed by atoms with Gasteiger partial charge in [-0.05, 0) is 46.3 Å². The molecule has 0 heterocycles. The Bertz CT molecular complexity index is 641. The number of nitrogens with zero attached hydrogens (tertiary/aromatic N) is 1. The van der Waals surface area contributed by atoms with Gasteiger partial charge in [-0.1, -0.05) is 12.1 Å². The number of anilines is 3. The highest BCUT2D eigenvalue weighted by Gasteiger charge is 2.11. The fourth-order valence-electron chi connectivity index (χ4n) is 1.83. The molecule has 2 rings (SSSR count). The maximum atomic E-state index is 12.3. The lowest BCUT2D eigenvalue weighted by molar-refractivity contribution is 0.102. The van der Waals surface area contributed by atoms with E-state index >= 15 is 0 Å². The number of carbonyl (C=O) groups excluding carboxylic acids is 1. The fourth-order valence-corrected chi connectivity index (χ4v) is 2.21. The van der Waals surface area contributed by atoms with E-state index in [0.717, 1.165) is 11.4 Å². The number of carbonyl (C=O) groups is 1. The molecule has 2 aromatic carbocycles.